The fourth-order valence-corrected chi connectivity index (χ4v) is 3.56. The van der Waals surface area contributed by atoms with Crippen LogP contribution in [0, 0.1) is 0 Å². The minimum Gasteiger partial charge on any atom is -0.390 e. The molecule has 1 aromatic carbocycles. The van der Waals surface area contributed by atoms with Crippen LogP contribution in [0.25, 0.3) is 11.1 Å². The summed E-state index contributed by atoms with van der Waals surface area (Å²) in [4.78, 5) is 24.9. The van der Waals surface area contributed by atoms with Crippen molar-refractivity contribution < 1.29 is 9.59 Å². The Morgan fingerprint density at radius 2 is 2.10 bits per heavy atom. The predicted molar refractivity (Wildman–Crippen MR) is 84.4 cm³/mol. The van der Waals surface area contributed by atoms with Gasteiger partial charge < -0.3 is 16.4 Å². The molecule has 3 rings (SSSR count). The zero-order valence-corrected chi connectivity index (χ0v) is 12.4. The number of nitrogens with zero attached hydrogens (tertiary/aromatic N) is 1. The first-order chi connectivity index (χ1) is 9.99. The number of carbonyl (C=O) groups is 2. The van der Waals surface area contributed by atoms with Crippen molar-refractivity contribution in [3.05, 3.63) is 34.7 Å². The quantitative estimate of drug-likeness (QED) is 0.889. The number of hydrogen-bond donors (Lipinski definition) is 2. The van der Waals surface area contributed by atoms with E-state index in [9.17, 15) is 9.59 Å². The van der Waals surface area contributed by atoms with Gasteiger partial charge in [-0.05, 0) is 29.7 Å². The van der Waals surface area contributed by atoms with Crippen molar-refractivity contribution in [2.45, 2.75) is 13.3 Å². The molecule has 0 unspecified atom stereocenters. The molecule has 0 fully saturated rings. The Bertz CT molecular complexity index is 751. The standard InChI is InChI=1S/C15H15N3O2S/c1-8(19)18-5-4-10-6-9(2-3-12(10)18)11-7-21-15(17)13(11)14(16)20/h2-3,6-7H,4-5,17H2,1H3,(H2,16,20). The van der Waals surface area contributed by atoms with Gasteiger partial charge >= 0.3 is 0 Å². The number of carbonyl (C=O) groups excluding carboxylic acids is 2. The van der Waals surface area contributed by atoms with E-state index in [4.69, 9.17) is 11.5 Å². The molecule has 6 heteroatoms. The van der Waals surface area contributed by atoms with Crippen LogP contribution in [-0.2, 0) is 11.2 Å². The highest BCUT2D eigenvalue weighted by Crippen LogP contribution is 2.37. The summed E-state index contributed by atoms with van der Waals surface area (Å²) >= 11 is 1.31. The van der Waals surface area contributed by atoms with E-state index in [1.165, 1.54) is 11.3 Å². The van der Waals surface area contributed by atoms with Gasteiger partial charge in [0.2, 0.25) is 5.91 Å². The van der Waals surface area contributed by atoms with Crippen molar-refractivity contribution in [2.75, 3.05) is 17.2 Å². The molecule has 0 saturated heterocycles. The molecule has 1 aliphatic heterocycles. The third-order valence-electron chi connectivity index (χ3n) is 3.73. The highest BCUT2D eigenvalue weighted by Gasteiger charge is 2.23. The molecule has 0 spiro atoms. The molecule has 0 aliphatic carbocycles. The number of primary amides is 1. The number of thiophene rings is 1. The minimum atomic E-state index is -0.519. The lowest BCUT2D eigenvalue weighted by Gasteiger charge is -2.14. The van der Waals surface area contributed by atoms with E-state index >= 15 is 0 Å². The normalized spacial score (nSPS) is 13.3. The molecule has 4 N–H and O–H groups in total. The second kappa shape index (κ2) is 4.89. The van der Waals surface area contributed by atoms with E-state index in [1.807, 2.05) is 23.6 Å². The second-order valence-electron chi connectivity index (χ2n) is 5.02. The lowest BCUT2D eigenvalue weighted by molar-refractivity contribution is -0.116. The van der Waals surface area contributed by atoms with Gasteiger partial charge in [-0.15, -0.1) is 11.3 Å². The lowest BCUT2D eigenvalue weighted by atomic mass is 10.0. The van der Waals surface area contributed by atoms with E-state index in [-0.39, 0.29) is 5.91 Å². The van der Waals surface area contributed by atoms with Crippen LogP contribution >= 0.6 is 11.3 Å². The van der Waals surface area contributed by atoms with Crippen LogP contribution in [0.15, 0.2) is 23.6 Å². The third kappa shape index (κ3) is 2.17. The molecule has 0 bridgehead atoms. The summed E-state index contributed by atoms with van der Waals surface area (Å²) in [5, 5.41) is 2.28. The lowest BCUT2D eigenvalue weighted by Crippen LogP contribution is -2.25. The first kappa shape index (κ1) is 13.6. The summed E-state index contributed by atoms with van der Waals surface area (Å²) in [6.45, 7) is 2.26. The molecule has 0 saturated carbocycles. The number of hydrogen-bond acceptors (Lipinski definition) is 4. The second-order valence-corrected chi connectivity index (χ2v) is 5.93. The molecule has 1 aliphatic rings. The van der Waals surface area contributed by atoms with Crippen LogP contribution < -0.4 is 16.4 Å². The SMILES string of the molecule is CC(=O)N1CCc2cc(-c3csc(N)c3C(N)=O)ccc21. The van der Waals surface area contributed by atoms with Gasteiger partial charge in [-0.2, -0.15) is 0 Å². The highest BCUT2D eigenvalue weighted by atomic mass is 32.1. The van der Waals surface area contributed by atoms with E-state index in [2.05, 4.69) is 0 Å². The number of rotatable bonds is 2. The first-order valence-corrected chi connectivity index (χ1v) is 7.45. The first-order valence-electron chi connectivity index (χ1n) is 6.57. The third-order valence-corrected chi connectivity index (χ3v) is 4.54. The van der Waals surface area contributed by atoms with Crippen molar-refractivity contribution in [2.24, 2.45) is 5.73 Å². The van der Waals surface area contributed by atoms with Crippen molar-refractivity contribution in [1.82, 2.24) is 0 Å². The van der Waals surface area contributed by atoms with Crippen LogP contribution in [0.3, 0.4) is 0 Å². The molecule has 5 nitrogen and oxygen atoms in total. The maximum Gasteiger partial charge on any atom is 0.252 e. The van der Waals surface area contributed by atoms with Crippen molar-refractivity contribution in [3.8, 4) is 11.1 Å². The number of nitrogen functional groups attached to an aromatic ring is 1. The molecule has 2 heterocycles. The van der Waals surface area contributed by atoms with E-state index in [0.29, 0.717) is 17.1 Å². The monoisotopic (exact) mass is 301 g/mol. The van der Waals surface area contributed by atoms with Crippen molar-refractivity contribution in [3.63, 3.8) is 0 Å². The average molecular weight is 301 g/mol. The van der Waals surface area contributed by atoms with Gasteiger partial charge in [0.05, 0.1) is 10.6 Å². The number of nitrogens with two attached hydrogens (primary N) is 2. The van der Waals surface area contributed by atoms with E-state index in [1.54, 1.807) is 11.8 Å². The van der Waals surface area contributed by atoms with Crippen LogP contribution in [0.5, 0.6) is 0 Å². The molecule has 108 valence electrons. The Hall–Kier alpha value is -2.34. The Balaban J connectivity index is 2.07. The Labute approximate surface area is 126 Å². The van der Waals surface area contributed by atoms with Crippen molar-refractivity contribution in [1.29, 1.82) is 0 Å². The molecular weight excluding hydrogens is 286 g/mol. The van der Waals surface area contributed by atoms with E-state index < -0.39 is 5.91 Å². The number of amides is 2. The summed E-state index contributed by atoms with van der Waals surface area (Å²) in [7, 11) is 0. The number of benzene rings is 1. The smallest absolute Gasteiger partial charge is 0.252 e. The van der Waals surface area contributed by atoms with Gasteiger partial charge in [0.15, 0.2) is 0 Å². The maximum absolute atomic E-state index is 11.6. The molecular formula is C15H15N3O2S. The predicted octanol–water partition coefficient (Wildman–Crippen LogP) is 2.01. The Morgan fingerprint density at radius 1 is 1.33 bits per heavy atom. The fraction of sp³-hybridized carbons (Fsp3) is 0.200. The molecule has 2 amide bonds. The van der Waals surface area contributed by atoms with E-state index in [0.717, 1.165) is 28.8 Å². The molecule has 0 atom stereocenters. The average Bonchev–Trinajstić information content (AvgIpc) is 3.00. The van der Waals surface area contributed by atoms with Gasteiger partial charge in [-0.25, -0.2) is 0 Å². The summed E-state index contributed by atoms with van der Waals surface area (Å²) in [6, 6.07) is 5.82. The van der Waals surface area contributed by atoms with Crippen LogP contribution in [0.1, 0.15) is 22.8 Å². The van der Waals surface area contributed by atoms with Crippen LogP contribution in [0.4, 0.5) is 10.7 Å². The Kier molecular flexibility index (Phi) is 3.17. The largest absolute Gasteiger partial charge is 0.390 e. The van der Waals surface area contributed by atoms with Gasteiger partial charge in [0, 0.05) is 30.1 Å². The summed E-state index contributed by atoms with van der Waals surface area (Å²) in [5.41, 5.74) is 15.3. The van der Waals surface area contributed by atoms with Gasteiger partial charge in [-0.3, -0.25) is 9.59 Å². The number of fused-ring (bicyclic) bond motifs is 1. The molecule has 21 heavy (non-hydrogen) atoms. The Morgan fingerprint density at radius 3 is 2.76 bits per heavy atom. The zero-order valence-electron chi connectivity index (χ0n) is 11.6. The number of anilines is 2. The van der Waals surface area contributed by atoms with Crippen LogP contribution in [0.2, 0.25) is 0 Å². The molecule has 0 radical (unpaired) electrons. The fourth-order valence-electron chi connectivity index (χ4n) is 2.74. The summed E-state index contributed by atoms with van der Waals surface area (Å²) in [6.07, 6.45) is 0.814. The van der Waals surface area contributed by atoms with Crippen molar-refractivity contribution >= 4 is 33.8 Å². The topological polar surface area (TPSA) is 89.4 Å². The molecule has 1 aromatic heterocycles. The summed E-state index contributed by atoms with van der Waals surface area (Å²) in [5.74, 6) is -0.478. The van der Waals surface area contributed by atoms with Gasteiger partial charge in [0.1, 0.15) is 0 Å². The summed E-state index contributed by atoms with van der Waals surface area (Å²) < 4.78 is 0. The zero-order chi connectivity index (χ0) is 15.1. The maximum atomic E-state index is 11.6. The van der Waals surface area contributed by atoms with Gasteiger partial charge in [-0.1, -0.05) is 6.07 Å². The van der Waals surface area contributed by atoms with Gasteiger partial charge in [0.25, 0.3) is 5.91 Å². The highest BCUT2D eigenvalue weighted by molar-refractivity contribution is 7.15. The molecule has 2 aromatic rings. The minimum absolute atomic E-state index is 0.0408. The van der Waals surface area contributed by atoms with Crippen LogP contribution in [-0.4, -0.2) is 18.4 Å².